The molecule has 0 aliphatic rings. The molecule has 0 unspecified atom stereocenters. The van der Waals surface area contributed by atoms with Crippen molar-refractivity contribution in [3.05, 3.63) is 21.6 Å². The molecule has 1 rings (SSSR count). The van der Waals surface area contributed by atoms with E-state index < -0.39 is 5.97 Å². The fourth-order valence-electron chi connectivity index (χ4n) is 1.51. The summed E-state index contributed by atoms with van der Waals surface area (Å²) < 4.78 is 1.21. The Balaban J connectivity index is 3.43. The van der Waals surface area contributed by atoms with Crippen molar-refractivity contribution in [1.82, 2.24) is 9.55 Å². The number of aliphatic carboxylic acids is 1. The number of aryl methyl sites for hydroxylation is 1. The second-order valence-electron chi connectivity index (χ2n) is 3.30. The Kier molecular flexibility index (Phi) is 4.12. The second kappa shape index (κ2) is 5.16. The molecule has 0 bridgehead atoms. The van der Waals surface area contributed by atoms with Gasteiger partial charge in [0.15, 0.2) is 5.16 Å². The summed E-state index contributed by atoms with van der Waals surface area (Å²) in [6, 6.07) is 0. The molecule has 1 aromatic rings. The van der Waals surface area contributed by atoms with Crippen molar-refractivity contribution in [3.63, 3.8) is 0 Å². The molecule has 0 saturated carbocycles. The van der Waals surface area contributed by atoms with Gasteiger partial charge in [0.2, 0.25) is 0 Å². The van der Waals surface area contributed by atoms with E-state index in [9.17, 15) is 9.59 Å². The predicted molar refractivity (Wildman–Crippen MR) is 62.0 cm³/mol. The zero-order valence-electron chi connectivity index (χ0n) is 9.48. The minimum Gasteiger partial charge on any atom is -0.480 e. The standard InChI is InChI=1S/C10H14N2O3S/c1-4-7-6(2)11-10(16-3)12(9(7)15)5-8(13)14/h4-5H2,1-3H3,(H,13,14). The van der Waals surface area contributed by atoms with Gasteiger partial charge in [-0.2, -0.15) is 0 Å². The molecule has 6 heteroatoms. The maximum atomic E-state index is 12.0. The quantitative estimate of drug-likeness (QED) is 0.628. The number of hydrogen-bond acceptors (Lipinski definition) is 4. The summed E-state index contributed by atoms with van der Waals surface area (Å²) in [4.78, 5) is 26.9. The van der Waals surface area contributed by atoms with E-state index >= 15 is 0 Å². The lowest BCUT2D eigenvalue weighted by Crippen LogP contribution is -2.30. The van der Waals surface area contributed by atoms with Crippen LogP contribution in [0, 0.1) is 6.92 Å². The number of thioether (sulfide) groups is 1. The van der Waals surface area contributed by atoms with Crippen LogP contribution in [0.1, 0.15) is 18.2 Å². The first-order valence-electron chi connectivity index (χ1n) is 4.87. The first-order chi connectivity index (χ1) is 7.51. The molecular formula is C10H14N2O3S. The average molecular weight is 242 g/mol. The van der Waals surface area contributed by atoms with Crippen LogP contribution in [-0.4, -0.2) is 26.9 Å². The van der Waals surface area contributed by atoms with Crippen molar-refractivity contribution in [2.24, 2.45) is 0 Å². The molecule has 16 heavy (non-hydrogen) atoms. The Bertz CT molecular complexity index is 468. The van der Waals surface area contributed by atoms with E-state index in [-0.39, 0.29) is 12.1 Å². The number of rotatable bonds is 4. The third-order valence-electron chi connectivity index (χ3n) is 2.26. The van der Waals surface area contributed by atoms with Crippen LogP contribution in [0.4, 0.5) is 0 Å². The molecule has 1 aromatic heterocycles. The van der Waals surface area contributed by atoms with Gasteiger partial charge in [0.25, 0.3) is 5.56 Å². The van der Waals surface area contributed by atoms with Gasteiger partial charge in [-0.05, 0) is 19.6 Å². The van der Waals surface area contributed by atoms with Crippen molar-refractivity contribution in [3.8, 4) is 0 Å². The van der Waals surface area contributed by atoms with Gasteiger partial charge in [0, 0.05) is 11.3 Å². The molecule has 88 valence electrons. The van der Waals surface area contributed by atoms with Crippen LogP contribution in [0.3, 0.4) is 0 Å². The van der Waals surface area contributed by atoms with Crippen molar-refractivity contribution >= 4 is 17.7 Å². The molecule has 0 saturated heterocycles. The molecule has 0 amide bonds. The summed E-state index contributed by atoms with van der Waals surface area (Å²) in [5.74, 6) is -1.04. The lowest BCUT2D eigenvalue weighted by Gasteiger charge is -2.11. The van der Waals surface area contributed by atoms with Crippen molar-refractivity contribution in [2.45, 2.75) is 32.0 Å². The Morgan fingerprint density at radius 3 is 2.62 bits per heavy atom. The molecular weight excluding hydrogens is 228 g/mol. The minimum atomic E-state index is -1.04. The number of carboxylic acid groups (broad SMARTS) is 1. The first kappa shape index (κ1) is 12.8. The number of carboxylic acids is 1. The van der Waals surface area contributed by atoms with Gasteiger partial charge < -0.3 is 5.11 Å². The van der Waals surface area contributed by atoms with E-state index in [1.807, 2.05) is 6.92 Å². The number of nitrogens with zero attached hydrogens (tertiary/aromatic N) is 2. The zero-order valence-corrected chi connectivity index (χ0v) is 10.3. The van der Waals surface area contributed by atoms with E-state index in [0.29, 0.717) is 22.8 Å². The highest BCUT2D eigenvalue weighted by Crippen LogP contribution is 2.12. The molecule has 0 fully saturated rings. The second-order valence-corrected chi connectivity index (χ2v) is 4.07. The molecule has 0 aromatic carbocycles. The van der Waals surface area contributed by atoms with Gasteiger partial charge in [-0.15, -0.1) is 0 Å². The first-order valence-corrected chi connectivity index (χ1v) is 6.09. The fraction of sp³-hybridized carbons (Fsp3) is 0.500. The van der Waals surface area contributed by atoms with Crippen LogP contribution in [0.2, 0.25) is 0 Å². The third kappa shape index (κ3) is 2.44. The van der Waals surface area contributed by atoms with Gasteiger partial charge in [0.05, 0.1) is 0 Å². The molecule has 1 heterocycles. The zero-order chi connectivity index (χ0) is 12.3. The summed E-state index contributed by atoms with van der Waals surface area (Å²) in [5, 5.41) is 9.19. The smallest absolute Gasteiger partial charge is 0.323 e. The van der Waals surface area contributed by atoms with E-state index in [4.69, 9.17) is 5.11 Å². The number of carbonyl (C=O) groups is 1. The maximum Gasteiger partial charge on any atom is 0.323 e. The summed E-state index contributed by atoms with van der Waals surface area (Å²) in [6.45, 7) is 3.29. The molecule has 0 spiro atoms. The van der Waals surface area contributed by atoms with Crippen LogP contribution in [0.25, 0.3) is 0 Å². The van der Waals surface area contributed by atoms with E-state index in [2.05, 4.69) is 4.98 Å². The summed E-state index contributed by atoms with van der Waals surface area (Å²) in [5.41, 5.74) is 1.01. The fourth-order valence-corrected chi connectivity index (χ4v) is 2.11. The Labute approximate surface area is 97.5 Å². The summed E-state index contributed by atoms with van der Waals surface area (Å²) >= 11 is 1.27. The highest BCUT2D eigenvalue weighted by atomic mass is 32.2. The van der Waals surface area contributed by atoms with Gasteiger partial charge in [0.1, 0.15) is 6.54 Å². The van der Waals surface area contributed by atoms with Crippen LogP contribution in [0.5, 0.6) is 0 Å². The van der Waals surface area contributed by atoms with Crippen molar-refractivity contribution < 1.29 is 9.90 Å². The van der Waals surface area contributed by atoms with E-state index in [1.54, 1.807) is 13.2 Å². The molecule has 0 aliphatic carbocycles. The number of hydrogen-bond donors (Lipinski definition) is 1. The Morgan fingerprint density at radius 1 is 1.56 bits per heavy atom. The Morgan fingerprint density at radius 2 is 2.19 bits per heavy atom. The highest BCUT2D eigenvalue weighted by molar-refractivity contribution is 7.98. The SMILES string of the molecule is CCc1c(C)nc(SC)n(CC(=O)O)c1=O. The van der Waals surface area contributed by atoms with Gasteiger partial charge >= 0.3 is 5.97 Å². The number of aromatic nitrogens is 2. The molecule has 5 nitrogen and oxygen atoms in total. The average Bonchev–Trinajstić information content (AvgIpc) is 2.22. The van der Waals surface area contributed by atoms with Crippen LogP contribution < -0.4 is 5.56 Å². The lowest BCUT2D eigenvalue weighted by molar-refractivity contribution is -0.137. The Hall–Kier alpha value is -1.30. The molecule has 0 aliphatic heterocycles. The minimum absolute atomic E-state index is 0.248. The summed E-state index contributed by atoms with van der Waals surface area (Å²) in [7, 11) is 0. The monoisotopic (exact) mass is 242 g/mol. The largest absolute Gasteiger partial charge is 0.480 e. The van der Waals surface area contributed by atoms with Crippen LogP contribution in [-0.2, 0) is 17.8 Å². The predicted octanol–water partition coefficient (Wildman–Crippen LogP) is 0.921. The lowest BCUT2D eigenvalue weighted by atomic mass is 10.2. The molecule has 1 N–H and O–H groups in total. The van der Waals surface area contributed by atoms with Gasteiger partial charge in [-0.1, -0.05) is 18.7 Å². The third-order valence-corrected chi connectivity index (χ3v) is 2.94. The van der Waals surface area contributed by atoms with Crippen molar-refractivity contribution in [2.75, 3.05) is 6.26 Å². The maximum absolute atomic E-state index is 12.0. The highest BCUT2D eigenvalue weighted by Gasteiger charge is 2.14. The summed E-state index contributed by atoms with van der Waals surface area (Å²) in [6.07, 6.45) is 2.33. The van der Waals surface area contributed by atoms with Crippen LogP contribution >= 0.6 is 11.8 Å². The van der Waals surface area contributed by atoms with Gasteiger partial charge in [-0.25, -0.2) is 4.98 Å². The van der Waals surface area contributed by atoms with Crippen molar-refractivity contribution in [1.29, 1.82) is 0 Å². The topological polar surface area (TPSA) is 72.2 Å². The molecule has 0 radical (unpaired) electrons. The normalized spacial score (nSPS) is 10.4. The van der Waals surface area contributed by atoms with E-state index in [1.165, 1.54) is 16.3 Å². The van der Waals surface area contributed by atoms with Crippen LogP contribution in [0.15, 0.2) is 9.95 Å². The molecule has 0 atom stereocenters. The van der Waals surface area contributed by atoms with E-state index in [0.717, 1.165) is 0 Å². The van der Waals surface area contributed by atoms with Gasteiger partial charge in [-0.3, -0.25) is 14.2 Å².